The maximum atomic E-state index is 11.4. The van der Waals surface area contributed by atoms with Gasteiger partial charge in [-0.05, 0) is 6.92 Å². The van der Waals surface area contributed by atoms with Crippen LogP contribution in [0.25, 0.3) is 0 Å². The number of hydrogen-bond acceptors (Lipinski definition) is 6. The van der Waals surface area contributed by atoms with Gasteiger partial charge in [0, 0.05) is 19.0 Å². The summed E-state index contributed by atoms with van der Waals surface area (Å²) >= 11 is 0. The Morgan fingerprint density at radius 2 is 2.13 bits per heavy atom. The van der Waals surface area contributed by atoms with Crippen molar-refractivity contribution in [3.05, 3.63) is 18.1 Å². The summed E-state index contributed by atoms with van der Waals surface area (Å²) in [6, 6.07) is 0. The summed E-state index contributed by atoms with van der Waals surface area (Å²) in [6.07, 6.45) is 2.79. The topological polar surface area (TPSA) is 87.3 Å². The van der Waals surface area contributed by atoms with Gasteiger partial charge in [0.2, 0.25) is 0 Å². The normalized spacial score (nSPS) is 9.93. The van der Waals surface area contributed by atoms with Crippen LogP contribution >= 0.6 is 0 Å². The molecule has 0 aliphatic heterocycles. The molecule has 1 aromatic rings. The second-order valence-corrected chi connectivity index (χ2v) is 2.62. The molecule has 0 aliphatic carbocycles. The molecule has 0 saturated carbocycles. The van der Waals surface area contributed by atoms with Crippen molar-refractivity contribution >= 4 is 11.8 Å². The molecule has 0 fully saturated rings. The first-order valence-corrected chi connectivity index (χ1v) is 4.57. The van der Waals surface area contributed by atoms with Gasteiger partial charge in [0.1, 0.15) is 6.61 Å². The van der Waals surface area contributed by atoms with Crippen molar-refractivity contribution in [1.82, 2.24) is 9.97 Å². The lowest BCUT2D eigenvalue weighted by molar-refractivity contribution is 0.0330. The molecule has 1 heterocycles. The van der Waals surface area contributed by atoms with Crippen molar-refractivity contribution in [2.24, 2.45) is 0 Å². The molecule has 0 unspecified atom stereocenters. The van der Waals surface area contributed by atoms with E-state index in [9.17, 15) is 4.79 Å². The molecule has 82 valence electrons. The lowest BCUT2D eigenvalue weighted by atomic mass is 10.4. The van der Waals surface area contributed by atoms with E-state index in [1.54, 1.807) is 0 Å². The van der Waals surface area contributed by atoms with E-state index in [-0.39, 0.29) is 18.1 Å². The van der Waals surface area contributed by atoms with Crippen LogP contribution in [-0.2, 0) is 9.47 Å². The van der Waals surface area contributed by atoms with E-state index in [1.165, 1.54) is 12.4 Å². The number of nitrogens with two attached hydrogens (primary N) is 1. The van der Waals surface area contributed by atoms with Crippen LogP contribution in [0.5, 0.6) is 0 Å². The number of carbonyl (C=O) groups excluding carboxylic acids is 1. The molecule has 0 atom stereocenters. The minimum absolute atomic E-state index is 0.0361. The summed E-state index contributed by atoms with van der Waals surface area (Å²) in [5.74, 6) is -0.515. The van der Waals surface area contributed by atoms with Gasteiger partial charge in [-0.1, -0.05) is 0 Å². The Hall–Kier alpha value is -1.69. The van der Waals surface area contributed by atoms with Crippen LogP contribution in [-0.4, -0.2) is 35.8 Å². The molecule has 1 aromatic heterocycles. The number of carbonyl (C=O) groups is 1. The van der Waals surface area contributed by atoms with E-state index in [0.717, 1.165) is 0 Å². The number of rotatable bonds is 5. The van der Waals surface area contributed by atoms with Crippen LogP contribution in [0.2, 0.25) is 0 Å². The summed E-state index contributed by atoms with van der Waals surface area (Å²) < 4.78 is 9.87. The van der Waals surface area contributed by atoms with Crippen molar-refractivity contribution in [2.45, 2.75) is 6.92 Å². The van der Waals surface area contributed by atoms with Gasteiger partial charge in [0.05, 0.1) is 6.61 Å². The molecule has 0 aromatic carbocycles. The minimum atomic E-state index is -0.583. The SMILES string of the molecule is CCOCCOC(=O)c1nccnc1N. The fraction of sp³-hybridized carbons (Fsp3) is 0.444. The standard InChI is InChI=1S/C9H13N3O3/c1-2-14-5-6-15-9(13)7-8(10)12-4-3-11-7/h3-4H,2,5-6H2,1H3,(H2,10,12). The average Bonchev–Trinajstić information content (AvgIpc) is 2.25. The molecule has 6 nitrogen and oxygen atoms in total. The summed E-state index contributed by atoms with van der Waals surface area (Å²) in [7, 11) is 0. The summed E-state index contributed by atoms with van der Waals surface area (Å²) in [5.41, 5.74) is 5.48. The predicted octanol–water partition coefficient (Wildman–Crippen LogP) is 0.252. The Bertz CT molecular complexity index is 330. The summed E-state index contributed by atoms with van der Waals surface area (Å²) in [4.78, 5) is 18.9. The molecule has 0 spiro atoms. The first kappa shape index (κ1) is 11.4. The zero-order chi connectivity index (χ0) is 11.1. The average molecular weight is 211 g/mol. The number of hydrogen-bond donors (Lipinski definition) is 1. The number of anilines is 1. The van der Waals surface area contributed by atoms with E-state index in [1.807, 2.05) is 6.92 Å². The molecule has 2 N–H and O–H groups in total. The number of ether oxygens (including phenoxy) is 2. The fourth-order valence-electron chi connectivity index (χ4n) is 0.912. The molecule has 0 bridgehead atoms. The van der Waals surface area contributed by atoms with Crippen molar-refractivity contribution < 1.29 is 14.3 Å². The van der Waals surface area contributed by atoms with Crippen LogP contribution in [0.3, 0.4) is 0 Å². The van der Waals surface area contributed by atoms with Gasteiger partial charge in [-0.3, -0.25) is 0 Å². The Morgan fingerprint density at radius 3 is 2.80 bits per heavy atom. The Morgan fingerprint density at radius 1 is 1.40 bits per heavy atom. The molecule has 6 heteroatoms. The van der Waals surface area contributed by atoms with E-state index < -0.39 is 5.97 Å². The zero-order valence-electron chi connectivity index (χ0n) is 8.47. The third-order valence-electron chi connectivity index (χ3n) is 1.58. The Labute approximate surface area is 87.4 Å². The van der Waals surface area contributed by atoms with Crippen LogP contribution in [0, 0.1) is 0 Å². The number of esters is 1. The highest BCUT2D eigenvalue weighted by Crippen LogP contribution is 2.04. The van der Waals surface area contributed by atoms with Gasteiger partial charge in [-0.2, -0.15) is 0 Å². The van der Waals surface area contributed by atoms with Crippen molar-refractivity contribution in [3.8, 4) is 0 Å². The third-order valence-corrected chi connectivity index (χ3v) is 1.58. The molecule has 15 heavy (non-hydrogen) atoms. The highest BCUT2D eigenvalue weighted by Gasteiger charge is 2.12. The molecule has 0 radical (unpaired) electrons. The van der Waals surface area contributed by atoms with Crippen LogP contribution in [0.4, 0.5) is 5.82 Å². The van der Waals surface area contributed by atoms with Gasteiger partial charge < -0.3 is 15.2 Å². The number of nitrogen functional groups attached to an aromatic ring is 1. The van der Waals surface area contributed by atoms with Gasteiger partial charge in [-0.15, -0.1) is 0 Å². The van der Waals surface area contributed by atoms with Crippen molar-refractivity contribution in [3.63, 3.8) is 0 Å². The quantitative estimate of drug-likeness (QED) is 0.555. The van der Waals surface area contributed by atoms with E-state index in [2.05, 4.69) is 9.97 Å². The van der Waals surface area contributed by atoms with Gasteiger partial charge >= 0.3 is 5.97 Å². The smallest absolute Gasteiger partial charge is 0.360 e. The maximum absolute atomic E-state index is 11.4. The Balaban J connectivity index is 2.44. The lowest BCUT2D eigenvalue weighted by Gasteiger charge is -2.04. The minimum Gasteiger partial charge on any atom is -0.458 e. The maximum Gasteiger partial charge on any atom is 0.360 e. The molecule has 0 saturated heterocycles. The Kier molecular flexibility index (Phi) is 4.49. The van der Waals surface area contributed by atoms with Gasteiger partial charge in [-0.25, -0.2) is 14.8 Å². The summed E-state index contributed by atoms with van der Waals surface area (Å²) in [6.45, 7) is 3.00. The monoisotopic (exact) mass is 211 g/mol. The molecular formula is C9H13N3O3. The van der Waals surface area contributed by atoms with Gasteiger partial charge in [0.25, 0.3) is 0 Å². The molecular weight excluding hydrogens is 198 g/mol. The van der Waals surface area contributed by atoms with Gasteiger partial charge in [0.15, 0.2) is 11.5 Å². The number of nitrogens with zero attached hydrogens (tertiary/aromatic N) is 2. The molecule has 1 rings (SSSR count). The summed E-state index contributed by atoms with van der Waals surface area (Å²) in [5, 5.41) is 0. The van der Waals surface area contributed by atoms with E-state index >= 15 is 0 Å². The molecule has 0 amide bonds. The fourth-order valence-corrected chi connectivity index (χ4v) is 0.912. The lowest BCUT2D eigenvalue weighted by Crippen LogP contribution is -2.14. The highest BCUT2D eigenvalue weighted by atomic mass is 16.6. The van der Waals surface area contributed by atoms with Crippen molar-refractivity contribution in [2.75, 3.05) is 25.6 Å². The van der Waals surface area contributed by atoms with Crippen LogP contribution in [0.1, 0.15) is 17.4 Å². The van der Waals surface area contributed by atoms with E-state index in [4.69, 9.17) is 15.2 Å². The molecule has 0 aliphatic rings. The highest BCUT2D eigenvalue weighted by molar-refractivity contribution is 5.91. The predicted molar refractivity (Wildman–Crippen MR) is 53.2 cm³/mol. The van der Waals surface area contributed by atoms with E-state index in [0.29, 0.717) is 13.2 Å². The first-order valence-electron chi connectivity index (χ1n) is 4.57. The third kappa shape index (κ3) is 3.51. The largest absolute Gasteiger partial charge is 0.458 e. The van der Waals surface area contributed by atoms with Crippen LogP contribution < -0.4 is 5.73 Å². The zero-order valence-corrected chi connectivity index (χ0v) is 8.47. The van der Waals surface area contributed by atoms with Crippen molar-refractivity contribution in [1.29, 1.82) is 0 Å². The number of aromatic nitrogens is 2. The second-order valence-electron chi connectivity index (χ2n) is 2.62. The second kappa shape index (κ2) is 5.92. The first-order chi connectivity index (χ1) is 7.25. The van der Waals surface area contributed by atoms with Crippen LogP contribution in [0.15, 0.2) is 12.4 Å².